The molecular formula is C10H11ClF2N2O. The predicted molar refractivity (Wildman–Crippen MR) is 58.8 cm³/mol. The van der Waals surface area contributed by atoms with E-state index >= 15 is 0 Å². The van der Waals surface area contributed by atoms with Crippen LogP contribution in [0.5, 0.6) is 0 Å². The molecule has 1 aromatic rings. The van der Waals surface area contributed by atoms with Crippen molar-refractivity contribution in [1.82, 2.24) is 5.32 Å². The Morgan fingerprint density at radius 1 is 1.31 bits per heavy atom. The second-order valence-corrected chi connectivity index (χ2v) is 3.32. The van der Waals surface area contributed by atoms with Crippen LogP contribution < -0.4 is 10.2 Å². The molecule has 0 aliphatic carbocycles. The molecule has 3 nitrogen and oxygen atoms in total. The number of carbonyl (C=O) groups excluding carboxylic acids is 1. The predicted octanol–water partition coefficient (Wildman–Crippen LogP) is 1.32. The molecule has 88 valence electrons. The number of nitrogens with one attached hydrogen (secondary N) is 1. The van der Waals surface area contributed by atoms with Crippen molar-refractivity contribution in [1.29, 1.82) is 0 Å². The molecule has 1 heterocycles. The van der Waals surface area contributed by atoms with Crippen molar-refractivity contribution in [2.24, 2.45) is 0 Å². The van der Waals surface area contributed by atoms with Crippen molar-refractivity contribution in [3.05, 3.63) is 29.8 Å². The highest BCUT2D eigenvalue weighted by Crippen LogP contribution is 2.20. The molecule has 6 heteroatoms. The zero-order chi connectivity index (χ0) is 10.8. The summed E-state index contributed by atoms with van der Waals surface area (Å²) < 4.78 is 26.0. The highest BCUT2D eigenvalue weighted by molar-refractivity contribution is 5.95. The van der Waals surface area contributed by atoms with Gasteiger partial charge in [0.05, 0.1) is 12.2 Å². The van der Waals surface area contributed by atoms with Gasteiger partial charge in [0.1, 0.15) is 11.6 Å². The summed E-state index contributed by atoms with van der Waals surface area (Å²) in [6.07, 6.45) is 0. The van der Waals surface area contributed by atoms with Crippen LogP contribution in [-0.4, -0.2) is 25.5 Å². The number of benzene rings is 1. The van der Waals surface area contributed by atoms with Crippen molar-refractivity contribution in [2.75, 3.05) is 24.5 Å². The largest absolute Gasteiger partial charge is 0.307 e. The Morgan fingerprint density at radius 3 is 2.69 bits per heavy atom. The fraction of sp³-hybridized carbons (Fsp3) is 0.300. The molecule has 0 saturated carbocycles. The molecule has 16 heavy (non-hydrogen) atoms. The van der Waals surface area contributed by atoms with E-state index in [1.54, 1.807) is 0 Å². The average molecular weight is 249 g/mol. The van der Waals surface area contributed by atoms with E-state index < -0.39 is 11.6 Å². The van der Waals surface area contributed by atoms with Gasteiger partial charge in [0, 0.05) is 19.2 Å². The van der Waals surface area contributed by atoms with E-state index in [0.29, 0.717) is 13.1 Å². The molecule has 0 unspecified atom stereocenters. The standard InChI is InChI=1S/C10H10F2N2O.ClH/c11-7-1-2-9(8(12)5-7)14-4-3-13-6-10(14)15;/h1-2,5,13H,3-4,6H2;1H. The lowest BCUT2D eigenvalue weighted by atomic mass is 10.2. The highest BCUT2D eigenvalue weighted by Gasteiger charge is 2.21. The Hall–Kier alpha value is -1.20. The fourth-order valence-electron chi connectivity index (χ4n) is 1.56. The van der Waals surface area contributed by atoms with Crippen molar-refractivity contribution in [2.45, 2.75) is 0 Å². The van der Waals surface area contributed by atoms with E-state index in [1.807, 2.05) is 0 Å². The molecule has 1 fully saturated rings. The third-order valence-corrected chi connectivity index (χ3v) is 2.29. The Labute approximate surface area is 97.8 Å². The van der Waals surface area contributed by atoms with Gasteiger partial charge in [-0.1, -0.05) is 0 Å². The number of anilines is 1. The van der Waals surface area contributed by atoms with E-state index in [1.165, 1.54) is 11.0 Å². The third kappa shape index (κ3) is 2.48. The summed E-state index contributed by atoms with van der Waals surface area (Å²) >= 11 is 0. The number of amides is 1. The number of rotatable bonds is 1. The second-order valence-electron chi connectivity index (χ2n) is 3.32. The van der Waals surface area contributed by atoms with Gasteiger partial charge in [-0.15, -0.1) is 12.4 Å². The molecule has 0 aromatic heterocycles. The maximum absolute atomic E-state index is 13.4. The number of nitrogens with zero attached hydrogens (tertiary/aromatic N) is 1. The van der Waals surface area contributed by atoms with E-state index in [9.17, 15) is 13.6 Å². The van der Waals surface area contributed by atoms with Crippen LogP contribution in [0, 0.1) is 11.6 Å². The first-order valence-corrected chi connectivity index (χ1v) is 4.64. The molecule has 1 N–H and O–H groups in total. The zero-order valence-electron chi connectivity index (χ0n) is 8.37. The molecule has 2 rings (SSSR count). The lowest BCUT2D eigenvalue weighted by Gasteiger charge is -2.27. The molecule has 1 aliphatic rings. The van der Waals surface area contributed by atoms with Gasteiger partial charge in [0.2, 0.25) is 5.91 Å². The summed E-state index contributed by atoms with van der Waals surface area (Å²) in [6, 6.07) is 3.21. The minimum atomic E-state index is -0.703. The molecule has 1 aliphatic heterocycles. The third-order valence-electron chi connectivity index (χ3n) is 2.29. The summed E-state index contributed by atoms with van der Waals surface area (Å²) in [5, 5.41) is 2.88. The highest BCUT2D eigenvalue weighted by atomic mass is 35.5. The van der Waals surface area contributed by atoms with Gasteiger partial charge in [-0.05, 0) is 12.1 Å². The van der Waals surface area contributed by atoms with Crippen molar-refractivity contribution < 1.29 is 13.6 Å². The maximum Gasteiger partial charge on any atom is 0.241 e. The van der Waals surface area contributed by atoms with Gasteiger partial charge in [-0.25, -0.2) is 8.78 Å². The van der Waals surface area contributed by atoms with Crippen molar-refractivity contribution >= 4 is 24.0 Å². The van der Waals surface area contributed by atoms with Gasteiger partial charge in [-0.3, -0.25) is 4.79 Å². The number of carbonyl (C=O) groups is 1. The first-order valence-electron chi connectivity index (χ1n) is 4.64. The summed E-state index contributed by atoms with van der Waals surface area (Å²) in [4.78, 5) is 12.8. The van der Waals surface area contributed by atoms with Gasteiger partial charge in [0.15, 0.2) is 0 Å². The smallest absolute Gasteiger partial charge is 0.241 e. The summed E-state index contributed by atoms with van der Waals surface area (Å²) in [6.45, 7) is 1.21. The van der Waals surface area contributed by atoms with Gasteiger partial charge in [-0.2, -0.15) is 0 Å². The van der Waals surface area contributed by atoms with Crippen LogP contribution in [-0.2, 0) is 4.79 Å². The lowest BCUT2D eigenvalue weighted by molar-refractivity contribution is -0.118. The fourth-order valence-corrected chi connectivity index (χ4v) is 1.56. The van der Waals surface area contributed by atoms with Gasteiger partial charge >= 0.3 is 0 Å². The number of piperazine rings is 1. The SMILES string of the molecule is Cl.O=C1CNCCN1c1ccc(F)cc1F. The van der Waals surface area contributed by atoms with Crippen LogP contribution in [0.15, 0.2) is 18.2 Å². The summed E-state index contributed by atoms with van der Waals surface area (Å²) in [5.74, 6) is -1.55. The number of halogens is 3. The molecular weight excluding hydrogens is 238 g/mol. The Kier molecular flexibility index (Phi) is 4.20. The second kappa shape index (κ2) is 5.23. The molecule has 0 bridgehead atoms. The van der Waals surface area contributed by atoms with E-state index in [4.69, 9.17) is 0 Å². The van der Waals surface area contributed by atoms with Crippen LogP contribution in [0.1, 0.15) is 0 Å². The molecule has 1 aromatic carbocycles. The quantitative estimate of drug-likeness (QED) is 0.813. The lowest BCUT2D eigenvalue weighted by Crippen LogP contribution is -2.48. The van der Waals surface area contributed by atoms with Crippen LogP contribution >= 0.6 is 12.4 Å². The number of hydrogen-bond acceptors (Lipinski definition) is 2. The van der Waals surface area contributed by atoms with Crippen LogP contribution in [0.25, 0.3) is 0 Å². The van der Waals surface area contributed by atoms with E-state index in [0.717, 1.165) is 12.1 Å². The van der Waals surface area contributed by atoms with Crippen LogP contribution in [0.3, 0.4) is 0 Å². The topological polar surface area (TPSA) is 32.3 Å². The summed E-state index contributed by atoms with van der Waals surface area (Å²) in [7, 11) is 0. The Balaban J connectivity index is 0.00000128. The van der Waals surface area contributed by atoms with E-state index in [2.05, 4.69) is 5.32 Å². The Bertz CT molecular complexity index is 400. The Morgan fingerprint density at radius 2 is 2.06 bits per heavy atom. The molecule has 1 amide bonds. The first kappa shape index (κ1) is 12.9. The van der Waals surface area contributed by atoms with Gasteiger partial charge < -0.3 is 10.2 Å². The molecule has 0 atom stereocenters. The zero-order valence-corrected chi connectivity index (χ0v) is 9.19. The van der Waals surface area contributed by atoms with Crippen LogP contribution in [0.4, 0.5) is 14.5 Å². The van der Waals surface area contributed by atoms with E-state index in [-0.39, 0.29) is 30.5 Å². The minimum Gasteiger partial charge on any atom is -0.307 e. The summed E-state index contributed by atoms with van der Waals surface area (Å²) in [5.41, 5.74) is 0.142. The monoisotopic (exact) mass is 248 g/mol. The van der Waals surface area contributed by atoms with Crippen molar-refractivity contribution in [3.63, 3.8) is 0 Å². The average Bonchev–Trinajstić information content (AvgIpc) is 2.20. The maximum atomic E-state index is 13.4. The number of hydrogen-bond donors (Lipinski definition) is 1. The molecule has 0 radical (unpaired) electrons. The molecule has 0 spiro atoms. The normalized spacial score (nSPS) is 15.9. The first-order chi connectivity index (χ1) is 7.18. The van der Waals surface area contributed by atoms with Crippen LogP contribution in [0.2, 0.25) is 0 Å². The molecule has 1 saturated heterocycles. The minimum absolute atomic E-state index is 0. The van der Waals surface area contributed by atoms with Gasteiger partial charge in [0.25, 0.3) is 0 Å². The van der Waals surface area contributed by atoms with Crippen molar-refractivity contribution in [3.8, 4) is 0 Å².